The molecule has 1 saturated heterocycles. The second-order valence-electron chi connectivity index (χ2n) is 5.87. The molecule has 0 bridgehead atoms. The van der Waals surface area contributed by atoms with Crippen molar-refractivity contribution in [2.24, 2.45) is 11.8 Å². The van der Waals surface area contributed by atoms with Crippen molar-refractivity contribution in [3.63, 3.8) is 0 Å². The van der Waals surface area contributed by atoms with Gasteiger partial charge in [-0.05, 0) is 30.5 Å². The highest BCUT2D eigenvalue weighted by molar-refractivity contribution is 5.81. The van der Waals surface area contributed by atoms with E-state index in [4.69, 9.17) is 5.11 Å². The molecule has 1 aliphatic carbocycles. The molecule has 1 aromatic rings. The van der Waals surface area contributed by atoms with Crippen molar-refractivity contribution in [2.75, 3.05) is 6.54 Å². The van der Waals surface area contributed by atoms with Crippen molar-refractivity contribution in [1.82, 2.24) is 16.2 Å². The molecule has 1 amide bonds. The number of rotatable bonds is 4. The van der Waals surface area contributed by atoms with Crippen LogP contribution in [0.5, 0.6) is 0 Å². The molecule has 2 aliphatic rings. The van der Waals surface area contributed by atoms with Gasteiger partial charge in [-0.2, -0.15) is 0 Å². The van der Waals surface area contributed by atoms with Crippen molar-refractivity contribution in [3.05, 3.63) is 35.6 Å². The Kier molecular flexibility index (Phi) is 4.08. The van der Waals surface area contributed by atoms with Crippen LogP contribution in [0.25, 0.3) is 0 Å². The molecule has 0 aromatic heterocycles. The number of carboxylic acids is 1. The van der Waals surface area contributed by atoms with E-state index in [2.05, 4.69) is 16.2 Å². The maximum absolute atomic E-state index is 13.0. The maximum Gasteiger partial charge on any atom is 0.306 e. The topological polar surface area (TPSA) is 90.5 Å². The van der Waals surface area contributed by atoms with Crippen LogP contribution in [0, 0.1) is 17.7 Å². The molecule has 7 heteroatoms. The van der Waals surface area contributed by atoms with Crippen LogP contribution in [-0.2, 0) is 9.59 Å². The molecule has 22 heavy (non-hydrogen) atoms. The van der Waals surface area contributed by atoms with Crippen molar-refractivity contribution >= 4 is 11.9 Å². The smallest absolute Gasteiger partial charge is 0.306 e. The average Bonchev–Trinajstić information content (AvgIpc) is 2.92. The summed E-state index contributed by atoms with van der Waals surface area (Å²) in [7, 11) is 0. The third kappa shape index (κ3) is 2.95. The summed E-state index contributed by atoms with van der Waals surface area (Å²) < 4.78 is 13.0. The summed E-state index contributed by atoms with van der Waals surface area (Å²) in [6, 6.07) is 5.76. The first kappa shape index (κ1) is 14.9. The fraction of sp³-hybridized carbons (Fsp3) is 0.467. The molecular formula is C15H18FN3O3. The van der Waals surface area contributed by atoms with Crippen molar-refractivity contribution in [1.29, 1.82) is 0 Å². The first-order chi connectivity index (χ1) is 10.5. The number of nitrogens with one attached hydrogen (secondary N) is 3. The molecule has 3 rings (SSSR count). The van der Waals surface area contributed by atoms with Crippen LogP contribution in [0.1, 0.15) is 24.4 Å². The van der Waals surface area contributed by atoms with Gasteiger partial charge >= 0.3 is 5.97 Å². The van der Waals surface area contributed by atoms with Gasteiger partial charge in [0.25, 0.3) is 0 Å². The number of hydrogen-bond donors (Lipinski definition) is 4. The van der Waals surface area contributed by atoms with E-state index in [-0.39, 0.29) is 35.6 Å². The molecule has 2 unspecified atom stereocenters. The number of aliphatic carboxylic acids is 1. The zero-order valence-corrected chi connectivity index (χ0v) is 11.9. The summed E-state index contributed by atoms with van der Waals surface area (Å²) in [4.78, 5) is 23.1. The predicted molar refractivity (Wildman–Crippen MR) is 76.1 cm³/mol. The molecule has 4 N–H and O–H groups in total. The van der Waals surface area contributed by atoms with Gasteiger partial charge in [0.05, 0.1) is 17.9 Å². The Hall–Kier alpha value is -1.99. The van der Waals surface area contributed by atoms with Crippen LogP contribution in [0.4, 0.5) is 4.39 Å². The number of hydrogen-bond acceptors (Lipinski definition) is 4. The number of carbonyl (C=O) groups is 2. The monoisotopic (exact) mass is 307 g/mol. The first-order valence-corrected chi connectivity index (χ1v) is 7.31. The van der Waals surface area contributed by atoms with E-state index in [9.17, 15) is 14.0 Å². The molecule has 2 fully saturated rings. The minimum atomic E-state index is -0.807. The van der Waals surface area contributed by atoms with Crippen molar-refractivity contribution in [2.45, 2.75) is 24.9 Å². The molecule has 1 heterocycles. The van der Waals surface area contributed by atoms with E-state index in [0.717, 1.165) is 5.56 Å². The van der Waals surface area contributed by atoms with Crippen LogP contribution < -0.4 is 16.2 Å². The lowest BCUT2D eigenvalue weighted by Gasteiger charge is -2.34. The minimum Gasteiger partial charge on any atom is -0.481 e. The van der Waals surface area contributed by atoms with Gasteiger partial charge in [0.2, 0.25) is 5.91 Å². The highest BCUT2D eigenvalue weighted by atomic mass is 19.1. The Balaban J connectivity index is 1.60. The molecule has 118 valence electrons. The van der Waals surface area contributed by atoms with Gasteiger partial charge < -0.3 is 10.4 Å². The number of carbonyl (C=O) groups excluding carboxylic acids is 1. The lowest BCUT2D eigenvalue weighted by Crippen LogP contribution is -2.49. The molecule has 1 aromatic carbocycles. The summed E-state index contributed by atoms with van der Waals surface area (Å²) in [6.45, 7) is 0.475. The Morgan fingerprint density at radius 3 is 2.55 bits per heavy atom. The molecule has 1 aliphatic heterocycles. The zero-order chi connectivity index (χ0) is 15.7. The standard InChI is InChI=1S/C15H18FN3O3/c16-10-3-1-8(2-4-10)13-12(7-17-19-13)14(20)18-11-5-9(6-11)15(21)22/h1-4,9,11-13,17,19H,5-7H2,(H,18,20)(H,21,22). The third-order valence-electron chi connectivity index (χ3n) is 4.38. The number of carboxylic acid groups (broad SMARTS) is 1. The maximum atomic E-state index is 13.0. The van der Waals surface area contributed by atoms with Crippen LogP contribution in [-0.4, -0.2) is 29.6 Å². The van der Waals surface area contributed by atoms with E-state index in [1.807, 2.05) is 0 Å². The lowest BCUT2D eigenvalue weighted by atomic mass is 9.80. The van der Waals surface area contributed by atoms with Crippen LogP contribution >= 0.6 is 0 Å². The second kappa shape index (κ2) is 6.02. The van der Waals surface area contributed by atoms with Crippen LogP contribution in [0.3, 0.4) is 0 Å². The molecule has 0 radical (unpaired) electrons. The van der Waals surface area contributed by atoms with E-state index < -0.39 is 5.97 Å². The van der Waals surface area contributed by atoms with E-state index in [1.165, 1.54) is 12.1 Å². The molecule has 0 spiro atoms. The summed E-state index contributed by atoms with van der Waals surface area (Å²) in [5.74, 6) is -1.89. The van der Waals surface area contributed by atoms with Gasteiger partial charge in [-0.1, -0.05) is 12.1 Å². The van der Waals surface area contributed by atoms with Gasteiger partial charge in [0, 0.05) is 12.6 Å². The SMILES string of the molecule is O=C(O)C1CC(NC(=O)C2CNNC2c2ccc(F)cc2)C1. The number of hydrazine groups is 1. The van der Waals surface area contributed by atoms with Gasteiger partial charge in [-0.15, -0.1) is 0 Å². The van der Waals surface area contributed by atoms with Gasteiger partial charge in [-0.3, -0.25) is 15.0 Å². The van der Waals surface area contributed by atoms with Gasteiger partial charge in [0.1, 0.15) is 5.82 Å². The summed E-state index contributed by atoms with van der Waals surface area (Å²) in [5.41, 5.74) is 6.82. The van der Waals surface area contributed by atoms with Crippen LogP contribution in [0.15, 0.2) is 24.3 Å². The Morgan fingerprint density at radius 2 is 1.91 bits per heavy atom. The highest BCUT2D eigenvalue weighted by Gasteiger charge is 2.39. The van der Waals surface area contributed by atoms with Gasteiger partial charge in [0.15, 0.2) is 0 Å². The molecule has 2 atom stereocenters. The fourth-order valence-corrected chi connectivity index (χ4v) is 2.97. The summed E-state index contributed by atoms with van der Waals surface area (Å²) >= 11 is 0. The molecule has 6 nitrogen and oxygen atoms in total. The Labute approximate surface area is 127 Å². The summed E-state index contributed by atoms with van der Waals surface area (Å²) in [6.07, 6.45) is 0.964. The second-order valence-corrected chi connectivity index (χ2v) is 5.87. The van der Waals surface area contributed by atoms with Crippen LogP contribution in [0.2, 0.25) is 0 Å². The first-order valence-electron chi connectivity index (χ1n) is 7.31. The minimum absolute atomic E-state index is 0.0666. The largest absolute Gasteiger partial charge is 0.481 e. The predicted octanol–water partition coefficient (Wildman–Crippen LogP) is 0.570. The van der Waals surface area contributed by atoms with Crippen molar-refractivity contribution < 1.29 is 19.1 Å². The molecular weight excluding hydrogens is 289 g/mol. The highest BCUT2D eigenvalue weighted by Crippen LogP contribution is 2.30. The van der Waals surface area contributed by atoms with Crippen molar-refractivity contribution in [3.8, 4) is 0 Å². The quantitative estimate of drug-likeness (QED) is 0.653. The van der Waals surface area contributed by atoms with E-state index >= 15 is 0 Å². The number of benzene rings is 1. The zero-order valence-electron chi connectivity index (χ0n) is 11.9. The Morgan fingerprint density at radius 1 is 1.23 bits per heavy atom. The van der Waals surface area contributed by atoms with E-state index in [0.29, 0.717) is 19.4 Å². The molecule has 1 saturated carbocycles. The third-order valence-corrected chi connectivity index (χ3v) is 4.38. The number of amides is 1. The lowest BCUT2D eigenvalue weighted by molar-refractivity contribution is -0.146. The summed E-state index contributed by atoms with van der Waals surface area (Å²) in [5, 5.41) is 11.7. The Bertz CT molecular complexity index is 572. The normalized spacial score (nSPS) is 30.6. The van der Waals surface area contributed by atoms with Gasteiger partial charge in [-0.25, -0.2) is 9.82 Å². The number of halogens is 1. The van der Waals surface area contributed by atoms with E-state index in [1.54, 1.807) is 12.1 Å². The average molecular weight is 307 g/mol. The fourth-order valence-electron chi connectivity index (χ4n) is 2.97.